The van der Waals surface area contributed by atoms with E-state index in [0.717, 1.165) is 44.6 Å². The van der Waals surface area contributed by atoms with Gasteiger partial charge in [0.05, 0.1) is 10.0 Å². The number of nitrogens with zero attached hydrogens (tertiary/aromatic N) is 2. The van der Waals surface area contributed by atoms with Crippen molar-refractivity contribution in [3.63, 3.8) is 0 Å². The molecular weight excluding hydrogens is 343 g/mol. The number of carbonyl (C=O) groups is 1. The van der Waals surface area contributed by atoms with Crippen LogP contribution in [0.5, 0.6) is 0 Å². The van der Waals surface area contributed by atoms with Gasteiger partial charge in [-0.3, -0.25) is 9.69 Å². The smallest absolute Gasteiger partial charge is 0.222 e. The lowest BCUT2D eigenvalue weighted by Crippen LogP contribution is -2.54. The van der Waals surface area contributed by atoms with E-state index in [2.05, 4.69) is 15.9 Å². The van der Waals surface area contributed by atoms with Crippen molar-refractivity contribution in [1.82, 2.24) is 9.80 Å². The van der Waals surface area contributed by atoms with Crippen LogP contribution in [-0.4, -0.2) is 41.4 Å². The summed E-state index contributed by atoms with van der Waals surface area (Å²) in [5.74, 6) is 0.373. The van der Waals surface area contributed by atoms with E-state index in [-0.39, 0.29) is 5.41 Å². The third-order valence-electron chi connectivity index (χ3n) is 5.85. The normalized spacial score (nSPS) is 28.6. The van der Waals surface area contributed by atoms with Crippen LogP contribution >= 0.6 is 23.2 Å². The van der Waals surface area contributed by atoms with Crippen LogP contribution in [0.2, 0.25) is 10.0 Å². The first-order valence-electron chi connectivity index (χ1n) is 9.01. The monoisotopic (exact) mass is 366 g/mol. The van der Waals surface area contributed by atoms with Crippen LogP contribution in [0.25, 0.3) is 0 Å². The summed E-state index contributed by atoms with van der Waals surface area (Å²) in [6.45, 7) is 3.96. The molecule has 1 aromatic carbocycles. The van der Waals surface area contributed by atoms with Crippen LogP contribution in [0.3, 0.4) is 0 Å². The summed E-state index contributed by atoms with van der Waals surface area (Å²) in [6.07, 6.45) is 6.60. The molecule has 1 saturated carbocycles. The number of carbonyl (C=O) groups excluding carboxylic acids is 1. The maximum Gasteiger partial charge on any atom is 0.222 e. The lowest BCUT2D eigenvalue weighted by molar-refractivity contribution is -0.140. The van der Waals surface area contributed by atoms with E-state index in [1.54, 1.807) is 0 Å². The molecule has 0 bridgehead atoms. The second-order valence-electron chi connectivity index (χ2n) is 7.78. The van der Waals surface area contributed by atoms with Gasteiger partial charge in [0.2, 0.25) is 5.91 Å². The van der Waals surface area contributed by atoms with Crippen LogP contribution < -0.4 is 0 Å². The number of halogens is 2. The molecule has 130 valence electrons. The van der Waals surface area contributed by atoms with Gasteiger partial charge in [-0.15, -0.1) is 0 Å². The molecule has 1 aliphatic carbocycles. The Bertz CT molecular complexity index is 646. The van der Waals surface area contributed by atoms with Crippen molar-refractivity contribution in [3.05, 3.63) is 33.8 Å². The Morgan fingerprint density at radius 1 is 1.17 bits per heavy atom. The van der Waals surface area contributed by atoms with Gasteiger partial charge in [0.1, 0.15) is 0 Å². The Kier molecular flexibility index (Phi) is 4.53. The van der Waals surface area contributed by atoms with E-state index < -0.39 is 0 Å². The van der Waals surface area contributed by atoms with Crippen molar-refractivity contribution in [2.45, 2.75) is 51.1 Å². The fourth-order valence-corrected chi connectivity index (χ4v) is 4.83. The lowest BCUT2D eigenvalue weighted by Gasteiger charge is -2.48. The summed E-state index contributed by atoms with van der Waals surface area (Å²) in [5.41, 5.74) is 1.38. The first-order chi connectivity index (χ1) is 11.6. The Hall–Kier alpha value is -0.770. The van der Waals surface area contributed by atoms with Gasteiger partial charge in [0.25, 0.3) is 0 Å². The Labute approximate surface area is 153 Å². The summed E-state index contributed by atoms with van der Waals surface area (Å²) < 4.78 is 0. The second-order valence-corrected chi connectivity index (χ2v) is 8.57. The number of rotatable bonds is 3. The largest absolute Gasteiger partial charge is 0.339 e. The lowest BCUT2D eigenvalue weighted by atomic mass is 9.73. The van der Waals surface area contributed by atoms with E-state index in [1.807, 2.05) is 12.1 Å². The van der Waals surface area contributed by atoms with Gasteiger partial charge in [0, 0.05) is 37.5 Å². The summed E-state index contributed by atoms with van der Waals surface area (Å²) in [5, 5.41) is 1.31. The number of likely N-dealkylation sites (tertiary alicyclic amines) is 2. The molecule has 5 heteroatoms. The maximum atomic E-state index is 12.2. The number of hydrogen-bond acceptors (Lipinski definition) is 2. The molecule has 2 aliphatic heterocycles. The standard InChI is InChI=1S/C19H24Cl2N2O/c20-16-4-1-3-14(18(16)21)11-22-10-2-8-19(12-22)9-7-17(24)23(13-19)15-5-6-15/h1,3-4,15H,2,5-13H2/t19-/m1/s1. The zero-order valence-electron chi connectivity index (χ0n) is 13.9. The Morgan fingerprint density at radius 2 is 2.00 bits per heavy atom. The molecule has 0 N–H and O–H groups in total. The Balaban J connectivity index is 1.47. The predicted octanol–water partition coefficient (Wildman–Crippen LogP) is 4.36. The number of benzene rings is 1. The van der Waals surface area contributed by atoms with Gasteiger partial charge < -0.3 is 4.90 Å². The molecular formula is C19H24Cl2N2O. The first-order valence-corrected chi connectivity index (χ1v) is 9.77. The van der Waals surface area contributed by atoms with E-state index in [4.69, 9.17) is 23.2 Å². The molecule has 0 radical (unpaired) electrons. The fraction of sp³-hybridized carbons (Fsp3) is 0.632. The van der Waals surface area contributed by atoms with Gasteiger partial charge in [0.15, 0.2) is 0 Å². The summed E-state index contributed by atoms with van der Waals surface area (Å²) >= 11 is 12.5. The Morgan fingerprint density at radius 3 is 2.79 bits per heavy atom. The van der Waals surface area contributed by atoms with E-state index in [1.165, 1.54) is 25.7 Å². The van der Waals surface area contributed by atoms with Crippen molar-refractivity contribution in [2.24, 2.45) is 5.41 Å². The molecule has 1 aromatic rings. The molecule has 0 aromatic heterocycles. The van der Waals surface area contributed by atoms with Crippen molar-refractivity contribution in [2.75, 3.05) is 19.6 Å². The highest BCUT2D eigenvalue weighted by molar-refractivity contribution is 6.42. The van der Waals surface area contributed by atoms with Crippen LogP contribution in [0.1, 0.15) is 44.1 Å². The van der Waals surface area contributed by atoms with Crippen LogP contribution in [0, 0.1) is 5.41 Å². The van der Waals surface area contributed by atoms with Gasteiger partial charge in [-0.2, -0.15) is 0 Å². The van der Waals surface area contributed by atoms with Crippen LogP contribution in [0.15, 0.2) is 18.2 Å². The van der Waals surface area contributed by atoms with Crippen LogP contribution in [-0.2, 0) is 11.3 Å². The minimum absolute atomic E-state index is 0.278. The van der Waals surface area contributed by atoms with Crippen molar-refractivity contribution < 1.29 is 4.79 Å². The second kappa shape index (κ2) is 6.51. The highest BCUT2D eigenvalue weighted by Crippen LogP contribution is 2.42. The third kappa shape index (κ3) is 3.31. The molecule has 1 atom stereocenters. The molecule has 2 saturated heterocycles. The molecule has 3 fully saturated rings. The number of hydrogen-bond donors (Lipinski definition) is 0. The fourth-order valence-electron chi connectivity index (χ4n) is 4.45. The minimum atomic E-state index is 0.278. The van der Waals surface area contributed by atoms with E-state index >= 15 is 0 Å². The average Bonchev–Trinajstić information content (AvgIpc) is 3.40. The van der Waals surface area contributed by atoms with E-state index in [0.29, 0.717) is 22.0 Å². The van der Waals surface area contributed by atoms with Crippen molar-refractivity contribution in [1.29, 1.82) is 0 Å². The van der Waals surface area contributed by atoms with Gasteiger partial charge in [-0.25, -0.2) is 0 Å². The number of amides is 1. The minimum Gasteiger partial charge on any atom is -0.339 e. The molecule has 4 rings (SSSR count). The summed E-state index contributed by atoms with van der Waals surface area (Å²) in [4.78, 5) is 16.9. The predicted molar refractivity (Wildman–Crippen MR) is 97.4 cm³/mol. The SMILES string of the molecule is O=C1CC[C@@]2(CCCN(Cc3cccc(Cl)c3Cl)C2)CN1C1CC1. The molecule has 1 spiro atoms. The maximum absolute atomic E-state index is 12.2. The average molecular weight is 367 g/mol. The molecule has 24 heavy (non-hydrogen) atoms. The number of piperidine rings is 2. The highest BCUT2D eigenvalue weighted by atomic mass is 35.5. The highest BCUT2D eigenvalue weighted by Gasteiger charge is 2.45. The topological polar surface area (TPSA) is 23.6 Å². The van der Waals surface area contributed by atoms with Crippen LogP contribution in [0.4, 0.5) is 0 Å². The summed E-state index contributed by atoms with van der Waals surface area (Å²) in [6, 6.07) is 6.41. The van der Waals surface area contributed by atoms with Crippen molar-refractivity contribution in [3.8, 4) is 0 Å². The molecule has 3 aliphatic rings. The van der Waals surface area contributed by atoms with E-state index in [9.17, 15) is 4.79 Å². The molecule has 1 amide bonds. The van der Waals surface area contributed by atoms with Gasteiger partial charge >= 0.3 is 0 Å². The van der Waals surface area contributed by atoms with Crippen molar-refractivity contribution >= 4 is 29.1 Å². The zero-order chi connectivity index (χ0) is 16.7. The van der Waals surface area contributed by atoms with Gasteiger partial charge in [-0.05, 0) is 50.3 Å². The third-order valence-corrected chi connectivity index (χ3v) is 6.71. The zero-order valence-corrected chi connectivity index (χ0v) is 15.5. The molecule has 3 nitrogen and oxygen atoms in total. The van der Waals surface area contributed by atoms with Gasteiger partial charge in [-0.1, -0.05) is 35.3 Å². The molecule has 0 unspecified atom stereocenters. The first kappa shape index (κ1) is 16.7. The summed E-state index contributed by atoms with van der Waals surface area (Å²) in [7, 11) is 0. The quantitative estimate of drug-likeness (QED) is 0.793. The molecule has 2 heterocycles.